The first-order valence-electron chi connectivity index (χ1n) is 8.83. The van der Waals surface area contributed by atoms with Crippen molar-refractivity contribution >= 4 is 22.7 Å². The summed E-state index contributed by atoms with van der Waals surface area (Å²) in [5, 5.41) is 4.92. The highest BCUT2D eigenvalue weighted by atomic mass is 16.5. The number of aromatic nitrogens is 1. The summed E-state index contributed by atoms with van der Waals surface area (Å²) in [5.74, 6) is 0.889. The van der Waals surface area contributed by atoms with Gasteiger partial charge in [-0.1, -0.05) is 23.8 Å². The number of hydrogen-bond acceptors (Lipinski definition) is 2. The molecule has 2 heterocycles. The lowest BCUT2D eigenvalue weighted by Crippen LogP contribution is -2.24. The van der Waals surface area contributed by atoms with Crippen molar-refractivity contribution in [1.29, 1.82) is 0 Å². The third-order valence-electron chi connectivity index (χ3n) is 5.09. The van der Waals surface area contributed by atoms with Crippen LogP contribution >= 0.6 is 0 Å². The summed E-state index contributed by atoms with van der Waals surface area (Å²) < 4.78 is 7.64. The van der Waals surface area contributed by atoms with Crippen LogP contribution in [-0.2, 0) is 13.0 Å². The SMILES string of the molecule is COc1ccc(C(C)=Cn2c3c(c4cc(C)ccc42)CCNC3)cc1. The Bertz CT molecular complexity index is 948. The molecule has 3 aromatic rings. The number of aryl methyl sites for hydroxylation is 1. The molecule has 0 saturated carbocycles. The van der Waals surface area contributed by atoms with Gasteiger partial charge in [0, 0.05) is 23.8 Å². The van der Waals surface area contributed by atoms with Gasteiger partial charge in [0.05, 0.1) is 12.6 Å². The van der Waals surface area contributed by atoms with E-state index >= 15 is 0 Å². The second-order valence-electron chi connectivity index (χ2n) is 6.78. The number of allylic oxidation sites excluding steroid dienone is 1. The summed E-state index contributed by atoms with van der Waals surface area (Å²) in [7, 11) is 1.70. The highest BCUT2D eigenvalue weighted by Gasteiger charge is 2.19. The molecule has 1 aliphatic rings. The molecule has 1 N–H and O–H groups in total. The first-order chi connectivity index (χ1) is 12.2. The minimum atomic E-state index is 0.889. The number of benzene rings is 2. The Hall–Kier alpha value is -2.52. The Morgan fingerprint density at radius 1 is 1.16 bits per heavy atom. The van der Waals surface area contributed by atoms with Crippen LogP contribution in [0.4, 0.5) is 0 Å². The molecule has 0 fully saturated rings. The van der Waals surface area contributed by atoms with Crippen LogP contribution < -0.4 is 10.1 Å². The summed E-state index contributed by atoms with van der Waals surface area (Å²) in [6.45, 7) is 6.32. The summed E-state index contributed by atoms with van der Waals surface area (Å²) >= 11 is 0. The van der Waals surface area contributed by atoms with Crippen LogP contribution in [0.25, 0.3) is 22.7 Å². The van der Waals surface area contributed by atoms with E-state index in [1.54, 1.807) is 7.11 Å². The summed E-state index contributed by atoms with van der Waals surface area (Å²) in [6.07, 6.45) is 3.36. The quantitative estimate of drug-likeness (QED) is 0.757. The fourth-order valence-corrected chi connectivity index (χ4v) is 3.71. The van der Waals surface area contributed by atoms with Gasteiger partial charge in [0.2, 0.25) is 0 Å². The average Bonchev–Trinajstić information content (AvgIpc) is 2.95. The first-order valence-corrected chi connectivity index (χ1v) is 8.83. The smallest absolute Gasteiger partial charge is 0.118 e. The lowest BCUT2D eigenvalue weighted by atomic mass is 10.0. The van der Waals surface area contributed by atoms with Crippen molar-refractivity contribution in [1.82, 2.24) is 9.88 Å². The van der Waals surface area contributed by atoms with Crippen LogP contribution in [0, 0.1) is 6.92 Å². The number of hydrogen-bond donors (Lipinski definition) is 1. The van der Waals surface area contributed by atoms with Gasteiger partial charge in [-0.05, 0) is 67.8 Å². The van der Waals surface area contributed by atoms with Crippen LogP contribution in [0.1, 0.15) is 29.3 Å². The maximum absolute atomic E-state index is 5.27. The van der Waals surface area contributed by atoms with Gasteiger partial charge >= 0.3 is 0 Å². The zero-order chi connectivity index (χ0) is 17.4. The van der Waals surface area contributed by atoms with E-state index in [-0.39, 0.29) is 0 Å². The molecular weight excluding hydrogens is 308 g/mol. The highest BCUT2D eigenvalue weighted by molar-refractivity contribution is 5.90. The number of ether oxygens (including phenoxy) is 1. The molecule has 0 atom stereocenters. The number of nitrogens with one attached hydrogen (secondary N) is 1. The summed E-state index contributed by atoms with van der Waals surface area (Å²) in [4.78, 5) is 0. The second kappa shape index (κ2) is 6.41. The van der Waals surface area contributed by atoms with Crippen molar-refractivity contribution in [3.05, 3.63) is 64.8 Å². The zero-order valence-corrected chi connectivity index (χ0v) is 15.1. The molecule has 1 aromatic heterocycles. The second-order valence-corrected chi connectivity index (χ2v) is 6.78. The summed E-state index contributed by atoms with van der Waals surface area (Å²) in [5.41, 5.74) is 7.96. The minimum absolute atomic E-state index is 0.889. The Balaban J connectivity index is 1.85. The summed E-state index contributed by atoms with van der Waals surface area (Å²) in [6, 6.07) is 15.0. The lowest BCUT2D eigenvalue weighted by molar-refractivity contribution is 0.415. The predicted octanol–water partition coefficient (Wildman–Crippen LogP) is 4.62. The molecule has 3 heteroatoms. The number of methoxy groups -OCH3 is 1. The third kappa shape index (κ3) is 2.85. The van der Waals surface area contributed by atoms with E-state index in [0.29, 0.717) is 0 Å². The molecule has 0 amide bonds. The molecule has 0 spiro atoms. The van der Waals surface area contributed by atoms with E-state index in [2.05, 4.69) is 60.3 Å². The van der Waals surface area contributed by atoms with Crippen LogP contribution in [0.15, 0.2) is 42.5 Å². The van der Waals surface area contributed by atoms with E-state index in [4.69, 9.17) is 4.74 Å². The van der Waals surface area contributed by atoms with Gasteiger partial charge in [0.25, 0.3) is 0 Å². The standard InChI is InChI=1S/C22H24N2O/c1-15-4-9-21-20(12-15)19-10-11-23-13-22(19)24(21)14-16(2)17-5-7-18(25-3)8-6-17/h4-9,12,14,23H,10-11,13H2,1-3H3. The van der Waals surface area contributed by atoms with Gasteiger partial charge in [-0.3, -0.25) is 0 Å². The predicted molar refractivity (Wildman–Crippen MR) is 105 cm³/mol. The van der Waals surface area contributed by atoms with Crippen molar-refractivity contribution in [3.8, 4) is 5.75 Å². The fourth-order valence-electron chi connectivity index (χ4n) is 3.71. The van der Waals surface area contributed by atoms with Crippen molar-refractivity contribution in [3.63, 3.8) is 0 Å². The van der Waals surface area contributed by atoms with Gasteiger partial charge in [0.15, 0.2) is 0 Å². The monoisotopic (exact) mass is 332 g/mol. The number of rotatable bonds is 3. The Morgan fingerprint density at radius 3 is 2.72 bits per heavy atom. The van der Waals surface area contributed by atoms with Crippen LogP contribution in [0.5, 0.6) is 5.75 Å². The van der Waals surface area contributed by atoms with E-state index in [0.717, 1.165) is 25.3 Å². The van der Waals surface area contributed by atoms with Gasteiger partial charge in [-0.15, -0.1) is 0 Å². The zero-order valence-electron chi connectivity index (χ0n) is 15.1. The molecule has 4 rings (SSSR count). The van der Waals surface area contributed by atoms with Gasteiger partial charge in [-0.25, -0.2) is 0 Å². The number of nitrogens with zero attached hydrogens (tertiary/aromatic N) is 1. The molecule has 0 unspecified atom stereocenters. The molecule has 0 bridgehead atoms. The fraction of sp³-hybridized carbons (Fsp3) is 0.273. The van der Waals surface area contributed by atoms with Gasteiger partial charge in [0.1, 0.15) is 5.75 Å². The van der Waals surface area contributed by atoms with Crippen molar-refractivity contribution in [2.45, 2.75) is 26.8 Å². The maximum atomic E-state index is 5.27. The highest BCUT2D eigenvalue weighted by Crippen LogP contribution is 2.31. The van der Waals surface area contributed by atoms with E-state index < -0.39 is 0 Å². The Labute approximate surface area is 148 Å². The van der Waals surface area contributed by atoms with Crippen LogP contribution in [0.2, 0.25) is 0 Å². The van der Waals surface area contributed by atoms with E-state index in [9.17, 15) is 0 Å². The average molecular weight is 332 g/mol. The van der Waals surface area contributed by atoms with Gasteiger partial charge in [-0.2, -0.15) is 0 Å². The van der Waals surface area contributed by atoms with Crippen molar-refractivity contribution in [2.75, 3.05) is 13.7 Å². The van der Waals surface area contributed by atoms with Crippen LogP contribution in [-0.4, -0.2) is 18.2 Å². The first kappa shape index (κ1) is 16.0. The largest absolute Gasteiger partial charge is 0.497 e. The Kier molecular flexibility index (Phi) is 4.10. The van der Waals surface area contributed by atoms with Crippen LogP contribution in [0.3, 0.4) is 0 Å². The van der Waals surface area contributed by atoms with Crippen molar-refractivity contribution < 1.29 is 4.74 Å². The van der Waals surface area contributed by atoms with Crippen molar-refractivity contribution in [2.24, 2.45) is 0 Å². The van der Waals surface area contributed by atoms with Gasteiger partial charge < -0.3 is 14.6 Å². The minimum Gasteiger partial charge on any atom is -0.497 e. The number of fused-ring (bicyclic) bond motifs is 3. The molecular formula is C22H24N2O. The van der Waals surface area contributed by atoms with E-state index in [1.165, 1.54) is 38.9 Å². The molecule has 2 aromatic carbocycles. The molecule has 0 aliphatic carbocycles. The molecule has 3 nitrogen and oxygen atoms in total. The molecule has 0 saturated heterocycles. The molecule has 25 heavy (non-hydrogen) atoms. The molecule has 1 aliphatic heterocycles. The lowest BCUT2D eigenvalue weighted by Gasteiger charge is -2.16. The maximum Gasteiger partial charge on any atom is 0.118 e. The normalized spacial score (nSPS) is 14.6. The molecule has 128 valence electrons. The molecule has 0 radical (unpaired) electrons. The third-order valence-corrected chi connectivity index (χ3v) is 5.09. The Morgan fingerprint density at radius 2 is 1.96 bits per heavy atom. The topological polar surface area (TPSA) is 26.2 Å². The van der Waals surface area contributed by atoms with E-state index in [1.807, 2.05) is 12.1 Å².